The van der Waals surface area contributed by atoms with Crippen molar-refractivity contribution in [2.75, 3.05) is 26.3 Å². The smallest absolute Gasteiger partial charge is 0.178 e. The summed E-state index contributed by atoms with van der Waals surface area (Å²) in [6.45, 7) is 7.51. The van der Waals surface area contributed by atoms with E-state index in [-0.39, 0.29) is 5.54 Å². The standard InChI is InChI=1S/C16H27NO2/c1-3-16(2,17-10-12-19-13-11-17)15(18)14-8-6-4-5-7-9-14/h8H,3-7,9-13H2,1-2H3. The van der Waals surface area contributed by atoms with Crippen LogP contribution in [0.4, 0.5) is 0 Å². The third-order valence-electron chi connectivity index (χ3n) is 4.72. The Morgan fingerprint density at radius 1 is 1.32 bits per heavy atom. The second kappa shape index (κ2) is 6.67. The molecule has 0 amide bonds. The number of morpholine rings is 1. The molecule has 1 heterocycles. The van der Waals surface area contributed by atoms with Crippen LogP contribution in [0.25, 0.3) is 0 Å². The first-order valence-corrected chi connectivity index (χ1v) is 7.75. The van der Waals surface area contributed by atoms with Crippen molar-refractivity contribution < 1.29 is 9.53 Å². The van der Waals surface area contributed by atoms with Gasteiger partial charge in [0.15, 0.2) is 5.78 Å². The summed E-state index contributed by atoms with van der Waals surface area (Å²) in [5, 5.41) is 0. The van der Waals surface area contributed by atoms with Crippen molar-refractivity contribution in [2.45, 2.75) is 57.9 Å². The molecule has 19 heavy (non-hydrogen) atoms. The molecule has 1 aliphatic heterocycles. The minimum atomic E-state index is -0.333. The first-order chi connectivity index (χ1) is 9.18. The van der Waals surface area contributed by atoms with Gasteiger partial charge in [-0.2, -0.15) is 0 Å². The molecule has 0 radical (unpaired) electrons. The maximum atomic E-state index is 13.0. The van der Waals surface area contributed by atoms with Crippen LogP contribution in [0.5, 0.6) is 0 Å². The van der Waals surface area contributed by atoms with Crippen LogP contribution in [-0.2, 0) is 9.53 Å². The van der Waals surface area contributed by atoms with Crippen LogP contribution in [-0.4, -0.2) is 42.5 Å². The predicted molar refractivity (Wildman–Crippen MR) is 77.3 cm³/mol. The number of Topliss-reactive ketones (excluding diaryl/α,β-unsaturated/α-hetero) is 1. The van der Waals surface area contributed by atoms with E-state index in [1.165, 1.54) is 19.3 Å². The van der Waals surface area contributed by atoms with Crippen LogP contribution in [0.2, 0.25) is 0 Å². The molecule has 0 aromatic heterocycles. The molecule has 1 atom stereocenters. The van der Waals surface area contributed by atoms with E-state index in [9.17, 15) is 4.79 Å². The van der Waals surface area contributed by atoms with Gasteiger partial charge in [-0.25, -0.2) is 0 Å². The Kier molecular flexibility index (Phi) is 5.17. The molecule has 3 nitrogen and oxygen atoms in total. The highest BCUT2D eigenvalue weighted by Crippen LogP contribution is 2.29. The molecule has 0 aromatic rings. The second-order valence-corrected chi connectivity index (χ2v) is 5.88. The molecule has 3 heteroatoms. The predicted octanol–water partition coefficient (Wildman–Crippen LogP) is 2.95. The Morgan fingerprint density at radius 3 is 2.74 bits per heavy atom. The van der Waals surface area contributed by atoms with Crippen molar-refractivity contribution >= 4 is 5.78 Å². The van der Waals surface area contributed by atoms with E-state index < -0.39 is 0 Å². The fourth-order valence-electron chi connectivity index (χ4n) is 3.15. The number of hydrogen-bond donors (Lipinski definition) is 0. The summed E-state index contributed by atoms with van der Waals surface area (Å²) >= 11 is 0. The Balaban J connectivity index is 2.14. The molecule has 2 aliphatic rings. The fourth-order valence-corrected chi connectivity index (χ4v) is 3.15. The molecule has 0 spiro atoms. The number of ether oxygens (including phenoxy) is 1. The van der Waals surface area contributed by atoms with Gasteiger partial charge in [0.2, 0.25) is 0 Å². The Hall–Kier alpha value is -0.670. The fraction of sp³-hybridized carbons (Fsp3) is 0.812. The van der Waals surface area contributed by atoms with E-state index in [0.717, 1.165) is 51.1 Å². The lowest BCUT2D eigenvalue weighted by molar-refractivity contribution is -0.130. The van der Waals surface area contributed by atoms with Crippen LogP contribution < -0.4 is 0 Å². The minimum Gasteiger partial charge on any atom is -0.379 e. The van der Waals surface area contributed by atoms with Gasteiger partial charge in [-0.05, 0) is 44.6 Å². The van der Waals surface area contributed by atoms with Gasteiger partial charge in [0, 0.05) is 13.1 Å². The van der Waals surface area contributed by atoms with Crippen LogP contribution in [0.15, 0.2) is 11.6 Å². The van der Waals surface area contributed by atoms with Crippen LogP contribution in [0.3, 0.4) is 0 Å². The van der Waals surface area contributed by atoms with Crippen LogP contribution in [0, 0.1) is 0 Å². The molecule has 0 N–H and O–H groups in total. The van der Waals surface area contributed by atoms with E-state index in [2.05, 4.69) is 24.8 Å². The highest BCUT2D eigenvalue weighted by Gasteiger charge is 2.39. The summed E-state index contributed by atoms with van der Waals surface area (Å²) in [4.78, 5) is 15.3. The van der Waals surface area contributed by atoms with Crippen LogP contribution >= 0.6 is 0 Å². The maximum Gasteiger partial charge on any atom is 0.178 e. The lowest BCUT2D eigenvalue weighted by Crippen LogP contribution is -2.56. The molecule has 108 valence electrons. The normalized spacial score (nSPS) is 25.3. The lowest BCUT2D eigenvalue weighted by atomic mass is 9.84. The summed E-state index contributed by atoms with van der Waals surface area (Å²) in [7, 11) is 0. The number of hydrogen-bond acceptors (Lipinski definition) is 3. The van der Waals surface area contributed by atoms with E-state index in [1.807, 2.05) is 0 Å². The zero-order chi connectivity index (χ0) is 13.7. The van der Waals surface area contributed by atoms with Gasteiger partial charge in [-0.15, -0.1) is 0 Å². The first kappa shape index (κ1) is 14.7. The third-order valence-corrected chi connectivity index (χ3v) is 4.72. The number of ketones is 1. The van der Waals surface area contributed by atoms with Gasteiger partial charge < -0.3 is 4.74 Å². The Bertz CT molecular complexity index is 345. The summed E-state index contributed by atoms with van der Waals surface area (Å²) in [6.07, 6.45) is 8.78. The average molecular weight is 265 g/mol. The van der Waals surface area contributed by atoms with Crippen molar-refractivity contribution in [3.05, 3.63) is 11.6 Å². The summed E-state index contributed by atoms with van der Waals surface area (Å²) in [5.74, 6) is 0.360. The largest absolute Gasteiger partial charge is 0.379 e. The number of nitrogens with zero attached hydrogens (tertiary/aromatic N) is 1. The maximum absolute atomic E-state index is 13.0. The van der Waals surface area contributed by atoms with E-state index >= 15 is 0 Å². The van der Waals surface area contributed by atoms with Gasteiger partial charge in [-0.3, -0.25) is 9.69 Å². The van der Waals surface area contributed by atoms with Gasteiger partial charge in [-0.1, -0.05) is 19.4 Å². The molecule has 1 unspecified atom stereocenters. The van der Waals surface area contributed by atoms with Crippen molar-refractivity contribution in [3.63, 3.8) is 0 Å². The zero-order valence-corrected chi connectivity index (χ0v) is 12.4. The third kappa shape index (κ3) is 3.26. The molecular weight excluding hydrogens is 238 g/mol. The first-order valence-electron chi connectivity index (χ1n) is 7.75. The van der Waals surface area contributed by atoms with Gasteiger partial charge in [0.1, 0.15) is 0 Å². The zero-order valence-electron chi connectivity index (χ0n) is 12.4. The van der Waals surface area contributed by atoms with Gasteiger partial charge >= 0.3 is 0 Å². The number of rotatable bonds is 4. The molecule has 0 saturated carbocycles. The summed E-state index contributed by atoms with van der Waals surface area (Å²) < 4.78 is 5.42. The SMILES string of the molecule is CCC(C)(C(=O)C1=CCCCCC1)N1CCOCC1. The quantitative estimate of drug-likeness (QED) is 0.782. The topological polar surface area (TPSA) is 29.5 Å². The van der Waals surface area contributed by atoms with E-state index in [1.54, 1.807) is 0 Å². The second-order valence-electron chi connectivity index (χ2n) is 5.88. The molecule has 2 rings (SSSR count). The number of carbonyl (C=O) groups is 1. The van der Waals surface area contributed by atoms with E-state index in [0.29, 0.717) is 5.78 Å². The van der Waals surface area contributed by atoms with Gasteiger partial charge in [0.05, 0.1) is 18.8 Å². The van der Waals surface area contributed by atoms with Crippen molar-refractivity contribution in [2.24, 2.45) is 0 Å². The average Bonchev–Trinajstić information content (AvgIpc) is 2.75. The molecular formula is C16H27NO2. The van der Waals surface area contributed by atoms with Crippen molar-refractivity contribution in [1.29, 1.82) is 0 Å². The molecule has 0 bridgehead atoms. The monoisotopic (exact) mass is 265 g/mol. The number of allylic oxidation sites excluding steroid dienone is 1. The molecule has 1 saturated heterocycles. The Labute approximate surface area is 117 Å². The molecule has 1 aliphatic carbocycles. The summed E-state index contributed by atoms with van der Waals surface area (Å²) in [5.41, 5.74) is 0.744. The highest BCUT2D eigenvalue weighted by molar-refractivity contribution is 6.02. The molecule has 0 aromatic carbocycles. The van der Waals surface area contributed by atoms with Crippen LogP contribution in [0.1, 0.15) is 52.4 Å². The molecule has 1 fully saturated rings. The van der Waals surface area contributed by atoms with E-state index in [4.69, 9.17) is 4.74 Å². The van der Waals surface area contributed by atoms with Crippen molar-refractivity contribution in [1.82, 2.24) is 4.90 Å². The summed E-state index contributed by atoms with van der Waals surface area (Å²) in [6, 6.07) is 0. The lowest BCUT2D eigenvalue weighted by Gasteiger charge is -2.42. The number of carbonyl (C=O) groups excluding carboxylic acids is 1. The van der Waals surface area contributed by atoms with Gasteiger partial charge in [0.25, 0.3) is 0 Å². The minimum absolute atomic E-state index is 0.333. The highest BCUT2D eigenvalue weighted by atomic mass is 16.5. The Morgan fingerprint density at radius 2 is 2.05 bits per heavy atom. The van der Waals surface area contributed by atoms with Crippen molar-refractivity contribution in [3.8, 4) is 0 Å².